The average Bonchev–Trinajstić information content (AvgIpc) is 2.92. The zero-order chi connectivity index (χ0) is 26.9. The molecule has 0 bridgehead atoms. The Bertz CT molecular complexity index is 1320. The molecular formula is C28H30N6O4. The summed E-state index contributed by atoms with van der Waals surface area (Å²) in [6, 6.07) is 16.4. The second kappa shape index (κ2) is 12.8. The molecule has 2 heterocycles. The van der Waals surface area contributed by atoms with E-state index >= 15 is 0 Å². The number of hydrogen-bond donors (Lipinski definition) is 4. The van der Waals surface area contributed by atoms with Gasteiger partial charge in [-0.1, -0.05) is 36.1 Å². The zero-order valence-electron chi connectivity index (χ0n) is 21.3. The Labute approximate surface area is 221 Å². The maximum Gasteiger partial charge on any atom is 0.321 e. The largest absolute Gasteiger partial charge is 0.379 e. The molecule has 10 nitrogen and oxygen atoms in total. The van der Waals surface area contributed by atoms with E-state index in [1.807, 2.05) is 50.2 Å². The van der Waals surface area contributed by atoms with Gasteiger partial charge in [0, 0.05) is 42.4 Å². The first-order valence-corrected chi connectivity index (χ1v) is 12.3. The van der Waals surface area contributed by atoms with Crippen LogP contribution in [0.3, 0.4) is 0 Å². The highest BCUT2D eigenvalue weighted by molar-refractivity contribution is 5.94. The minimum Gasteiger partial charge on any atom is -0.379 e. The number of urea groups is 1. The number of nitrogens with one attached hydrogen (secondary N) is 3. The molecule has 4 N–H and O–H groups in total. The number of nitrogens with zero attached hydrogens (tertiary/aromatic N) is 3. The van der Waals surface area contributed by atoms with Gasteiger partial charge in [-0.3, -0.25) is 20.2 Å². The molecule has 4 rings (SSSR count). The molecule has 10 heteroatoms. The van der Waals surface area contributed by atoms with Crippen molar-refractivity contribution in [2.75, 3.05) is 31.6 Å². The fraction of sp³-hybridized carbons (Fsp3) is 0.286. The Hall–Kier alpha value is -4.30. The number of carbonyl (C=O) groups excluding carboxylic acids is 2. The molecule has 1 aliphatic heterocycles. The van der Waals surface area contributed by atoms with Crippen molar-refractivity contribution in [2.45, 2.75) is 26.4 Å². The normalized spacial score (nSPS) is 13.4. The van der Waals surface area contributed by atoms with Crippen molar-refractivity contribution < 1.29 is 19.5 Å². The molecule has 0 saturated carbocycles. The van der Waals surface area contributed by atoms with Gasteiger partial charge in [-0.25, -0.2) is 20.2 Å². The number of hydrogen-bond acceptors (Lipinski definition) is 7. The molecule has 38 heavy (non-hydrogen) atoms. The monoisotopic (exact) mass is 514 g/mol. The number of rotatable bonds is 6. The summed E-state index contributed by atoms with van der Waals surface area (Å²) < 4.78 is 5.40. The summed E-state index contributed by atoms with van der Waals surface area (Å²) in [6.45, 7) is 8.00. The van der Waals surface area contributed by atoms with Crippen LogP contribution in [0.4, 0.5) is 10.7 Å². The molecule has 1 aromatic heterocycles. The first kappa shape index (κ1) is 26.8. The van der Waals surface area contributed by atoms with E-state index < -0.39 is 11.9 Å². The minimum atomic E-state index is -0.820. The maximum atomic E-state index is 12.1. The Morgan fingerprint density at radius 1 is 1.00 bits per heavy atom. The molecule has 1 saturated heterocycles. The molecule has 0 atom stereocenters. The Morgan fingerprint density at radius 3 is 2.24 bits per heavy atom. The lowest BCUT2D eigenvalue weighted by atomic mass is 10.1. The molecule has 3 amide bonds. The van der Waals surface area contributed by atoms with Crippen molar-refractivity contribution in [1.29, 1.82) is 0 Å². The second-order valence-corrected chi connectivity index (χ2v) is 9.07. The zero-order valence-corrected chi connectivity index (χ0v) is 21.3. The van der Waals surface area contributed by atoms with Gasteiger partial charge in [-0.15, -0.1) is 0 Å². The molecule has 3 aromatic rings. The highest BCUT2D eigenvalue weighted by Gasteiger charge is 2.15. The van der Waals surface area contributed by atoms with Crippen LogP contribution in [0, 0.1) is 11.8 Å². The number of amides is 3. The van der Waals surface area contributed by atoms with Gasteiger partial charge >= 0.3 is 6.03 Å². The summed E-state index contributed by atoms with van der Waals surface area (Å²) >= 11 is 0. The third-order valence-corrected chi connectivity index (χ3v) is 5.70. The fourth-order valence-corrected chi connectivity index (χ4v) is 3.80. The number of anilines is 1. The average molecular weight is 515 g/mol. The van der Waals surface area contributed by atoms with E-state index in [1.165, 1.54) is 11.6 Å². The number of benzene rings is 2. The number of carbonyl (C=O) groups is 2. The van der Waals surface area contributed by atoms with Crippen molar-refractivity contribution >= 4 is 17.9 Å². The van der Waals surface area contributed by atoms with Gasteiger partial charge in [0.2, 0.25) is 5.95 Å². The van der Waals surface area contributed by atoms with Gasteiger partial charge in [0.15, 0.2) is 0 Å². The van der Waals surface area contributed by atoms with Gasteiger partial charge < -0.3 is 10.1 Å². The van der Waals surface area contributed by atoms with Crippen molar-refractivity contribution in [3.05, 3.63) is 77.0 Å². The third-order valence-electron chi connectivity index (χ3n) is 5.70. The molecule has 0 unspecified atom stereocenters. The van der Waals surface area contributed by atoms with E-state index in [1.54, 1.807) is 5.48 Å². The Morgan fingerprint density at radius 2 is 1.63 bits per heavy atom. The standard InChI is InChI=1S/C28H30N6O4/c1-19(2)29-28(36)32-27-30-24(17-25(31-27)26(35)33-37)23-11-9-21(10-12-23)4-3-20-5-7-22(8-6-20)18-34-13-15-38-16-14-34/h5-12,17,19,37H,13-16,18H2,1-2H3,(H,33,35)(H2,29,30,31,32,36). The van der Waals surface area contributed by atoms with Gasteiger partial charge in [0.1, 0.15) is 5.69 Å². The summed E-state index contributed by atoms with van der Waals surface area (Å²) in [5.41, 5.74) is 5.51. The van der Waals surface area contributed by atoms with Gasteiger partial charge in [-0.05, 0) is 49.7 Å². The molecular weight excluding hydrogens is 484 g/mol. The summed E-state index contributed by atoms with van der Waals surface area (Å²) in [7, 11) is 0. The fourth-order valence-electron chi connectivity index (χ4n) is 3.80. The van der Waals surface area contributed by atoms with E-state index in [0.29, 0.717) is 11.3 Å². The second-order valence-electron chi connectivity index (χ2n) is 9.07. The van der Waals surface area contributed by atoms with E-state index in [4.69, 9.17) is 9.94 Å². The number of morpholine rings is 1. The summed E-state index contributed by atoms with van der Waals surface area (Å²) in [5.74, 6) is 5.46. The van der Waals surface area contributed by atoms with E-state index in [2.05, 4.69) is 49.5 Å². The van der Waals surface area contributed by atoms with Crippen LogP contribution in [-0.4, -0.2) is 64.4 Å². The lowest BCUT2D eigenvalue weighted by molar-refractivity contribution is 0.0342. The van der Waals surface area contributed by atoms with Gasteiger partial charge in [0.25, 0.3) is 5.91 Å². The summed E-state index contributed by atoms with van der Waals surface area (Å²) in [5, 5.41) is 14.2. The van der Waals surface area contributed by atoms with E-state index in [9.17, 15) is 9.59 Å². The van der Waals surface area contributed by atoms with Crippen LogP contribution in [0.25, 0.3) is 11.3 Å². The van der Waals surface area contributed by atoms with Crippen molar-refractivity contribution in [3.8, 4) is 23.1 Å². The highest BCUT2D eigenvalue weighted by atomic mass is 16.5. The lowest BCUT2D eigenvalue weighted by Gasteiger charge is -2.26. The third kappa shape index (κ3) is 7.60. The predicted octanol–water partition coefficient (Wildman–Crippen LogP) is 3.02. The highest BCUT2D eigenvalue weighted by Crippen LogP contribution is 2.20. The maximum absolute atomic E-state index is 12.1. The van der Waals surface area contributed by atoms with Crippen molar-refractivity contribution in [3.63, 3.8) is 0 Å². The molecule has 2 aromatic carbocycles. The van der Waals surface area contributed by atoms with E-state index in [0.717, 1.165) is 44.0 Å². The van der Waals surface area contributed by atoms with Crippen LogP contribution >= 0.6 is 0 Å². The first-order valence-electron chi connectivity index (χ1n) is 12.3. The van der Waals surface area contributed by atoms with Crippen LogP contribution in [0.1, 0.15) is 41.0 Å². The first-order chi connectivity index (χ1) is 18.4. The van der Waals surface area contributed by atoms with E-state index in [-0.39, 0.29) is 17.7 Å². The van der Waals surface area contributed by atoms with Crippen molar-refractivity contribution in [2.24, 2.45) is 0 Å². The smallest absolute Gasteiger partial charge is 0.321 e. The topological polar surface area (TPSA) is 129 Å². The van der Waals surface area contributed by atoms with Crippen LogP contribution in [0.2, 0.25) is 0 Å². The van der Waals surface area contributed by atoms with Gasteiger partial charge in [-0.2, -0.15) is 0 Å². The molecule has 1 aliphatic rings. The van der Waals surface area contributed by atoms with Crippen molar-refractivity contribution in [1.82, 2.24) is 25.7 Å². The predicted molar refractivity (Wildman–Crippen MR) is 143 cm³/mol. The van der Waals surface area contributed by atoms with Crippen LogP contribution in [-0.2, 0) is 11.3 Å². The van der Waals surface area contributed by atoms with Crippen LogP contribution in [0.5, 0.6) is 0 Å². The SMILES string of the molecule is CC(C)NC(=O)Nc1nc(C(=O)NO)cc(-c2ccc(C#Cc3ccc(CN4CCOCC4)cc3)cc2)n1. The molecule has 0 aliphatic carbocycles. The number of aromatic nitrogens is 2. The minimum absolute atomic E-state index is 0.0693. The summed E-state index contributed by atoms with van der Waals surface area (Å²) in [6.07, 6.45) is 0. The summed E-state index contributed by atoms with van der Waals surface area (Å²) in [4.78, 5) is 34.8. The Balaban J connectivity index is 1.47. The molecule has 0 radical (unpaired) electrons. The quantitative estimate of drug-likeness (QED) is 0.226. The Kier molecular flexibility index (Phi) is 9.00. The number of hydroxylamine groups is 1. The van der Waals surface area contributed by atoms with Gasteiger partial charge in [0.05, 0.1) is 18.9 Å². The lowest BCUT2D eigenvalue weighted by Crippen LogP contribution is -2.35. The van der Waals surface area contributed by atoms with Crippen LogP contribution in [0.15, 0.2) is 54.6 Å². The molecule has 1 fully saturated rings. The number of ether oxygens (including phenoxy) is 1. The molecule has 196 valence electrons. The van der Waals surface area contributed by atoms with Crippen LogP contribution < -0.4 is 16.1 Å². The molecule has 0 spiro atoms.